The van der Waals surface area contributed by atoms with Crippen molar-refractivity contribution in [3.8, 4) is 17.2 Å². The lowest BCUT2D eigenvalue weighted by molar-refractivity contribution is -0.170. The van der Waals surface area contributed by atoms with Gasteiger partial charge in [0.05, 0.1) is 22.6 Å². The highest BCUT2D eigenvalue weighted by molar-refractivity contribution is 7.91. The Balaban J connectivity index is 2.06. The van der Waals surface area contributed by atoms with E-state index in [0.29, 0.717) is 11.1 Å². The maximum Gasteiger partial charge on any atom is 0.416 e. The van der Waals surface area contributed by atoms with Crippen LogP contribution in [0.5, 0.6) is 17.2 Å². The summed E-state index contributed by atoms with van der Waals surface area (Å²) in [5.74, 6) is -1.51. The maximum atomic E-state index is 13.3. The number of benzene rings is 3. The highest BCUT2D eigenvalue weighted by Gasteiger charge is 2.31. The van der Waals surface area contributed by atoms with E-state index in [4.69, 9.17) is 37.4 Å². The summed E-state index contributed by atoms with van der Waals surface area (Å²) in [5.41, 5.74) is -0.978. The average molecular weight is 565 g/mol. The van der Waals surface area contributed by atoms with Gasteiger partial charge in [-0.3, -0.25) is 0 Å². The number of halogens is 5. The van der Waals surface area contributed by atoms with Crippen molar-refractivity contribution in [1.82, 2.24) is 0 Å². The summed E-state index contributed by atoms with van der Waals surface area (Å²) in [5, 5.41) is -0.0257. The Morgan fingerprint density at radius 1 is 0.917 bits per heavy atom. The molecular formula is C23H17Cl2F3O7S. The Morgan fingerprint density at radius 3 is 2.14 bits per heavy atom. The molecule has 0 aliphatic heterocycles. The molecule has 3 aromatic carbocycles. The van der Waals surface area contributed by atoms with Crippen LogP contribution < -0.4 is 9.47 Å². The van der Waals surface area contributed by atoms with E-state index in [0.717, 1.165) is 38.5 Å². The van der Waals surface area contributed by atoms with Gasteiger partial charge in [-0.15, -0.1) is 0 Å². The summed E-state index contributed by atoms with van der Waals surface area (Å²) >= 11 is 11.8. The lowest BCUT2D eigenvalue weighted by Gasteiger charge is -2.19. The number of hydrogen-bond acceptors (Lipinski definition) is 7. The summed E-state index contributed by atoms with van der Waals surface area (Å²) < 4.78 is 85.9. The molecule has 3 rings (SSSR count). The first-order valence-electron chi connectivity index (χ1n) is 9.83. The first kappa shape index (κ1) is 27.6. The van der Waals surface area contributed by atoms with Crippen molar-refractivity contribution in [3.63, 3.8) is 0 Å². The summed E-state index contributed by atoms with van der Waals surface area (Å²) in [6, 6.07) is 11.3. The fourth-order valence-electron chi connectivity index (χ4n) is 2.90. The molecule has 0 aromatic heterocycles. The van der Waals surface area contributed by atoms with Gasteiger partial charge in [-0.05, 0) is 54.6 Å². The normalized spacial score (nSPS) is 12.6. The van der Waals surface area contributed by atoms with Gasteiger partial charge in [-0.2, -0.15) is 13.2 Å². The van der Waals surface area contributed by atoms with E-state index >= 15 is 0 Å². The zero-order chi connectivity index (χ0) is 26.7. The minimum absolute atomic E-state index is 0.0542. The molecular weight excluding hydrogens is 548 g/mol. The predicted octanol–water partition coefficient (Wildman–Crippen LogP) is 6.16. The SMILES string of the molecule is COC(=O)C(OC)Oc1cc(Oc2ccc(C(F)(F)F)cc2Cl)ccc1S(=O)(=O)c1ccc(Cl)cc1. The second-order valence-electron chi connectivity index (χ2n) is 7.02. The van der Waals surface area contributed by atoms with E-state index in [-0.39, 0.29) is 32.1 Å². The van der Waals surface area contributed by atoms with Gasteiger partial charge in [0.2, 0.25) is 9.84 Å². The van der Waals surface area contributed by atoms with Crippen LogP contribution in [0.3, 0.4) is 0 Å². The largest absolute Gasteiger partial charge is 0.464 e. The maximum absolute atomic E-state index is 13.3. The average Bonchev–Trinajstić information content (AvgIpc) is 2.83. The number of rotatable bonds is 8. The second-order valence-corrected chi connectivity index (χ2v) is 9.78. The zero-order valence-electron chi connectivity index (χ0n) is 18.5. The predicted molar refractivity (Wildman–Crippen MR) is 123 cm³/mol. The number of carbonyl (C=O) groups is 1. The Hall–Kier alpha value is -2.99. The summed E-state index contributed by atoms with van der Waals surface area (Å²) in [7, 11) is -1.98. The smallest absolute Gasteiger partial charge is 0.416 e. The number of hydrogen-bond donors (Lipinski definition) is 0. The van der Waals surface area contributed by atoms with E-state index in [1.807, 2.05) is 0 Å². The highest BCUT2D eigenvalue weighted by atomic mass is 35.5. The van der Waals surface area contributed by atoms with Gasteiger partial charge in [-0.25, -0.2) is 13.2 Å². The van der Waals surface area contributed by atoms with Gasteiger partial charge in [0.15, 0.2) is 0 Å². The molecule has 0 radical (unpaired) electrons. The molecule has 1 atom stereocenters. The van der Waals surface area contributed by atoms with Crippen LogP contribution >= 0.6 is 23.2 Å². The van der Waals surface area contributed by atoms with Crippen LogP contribution in [-0.2, 0) is 30.3 Å². The quantitative estimate of drug-likeness (QED) is 0.239. The fraction of sp³-hybridized carbons (Fsp3) is 0.174. The molecule has 0 spiro atoms. The van der Waals surface area contributed by atoms with E-state index in [2.05, 4.69) is 4.74 Å². The Morgan fingerprint density at radius 2 is 1.58 bits per heavy atom. The van der Waals surface area contributed by atoms with Crippen molar-refractivity contribution >= 4 is 39.0 Å². The molecule has 7 nitrogen and oxygen atoms in total. The van der Waals surface area contributed by atoms with Crippen LogP contribution in [0, 0.1) is 0 Å². The number of alkyl halides is 3. The van der Waals surface area contributed by atoms with Crippen molar-refractivity contribution in [2.24, 2.45) is 0 Å². The molecule has 1 unspecified atom stereocenters. The molecule has 0 bridgehead atoms. The van der Waals surface area contributed by atoms with Crippen molar-refractivity contribution in [1.29, 1.82) is 0 Å². The molecule has 0 aliphatic carbocycles. The van der Waals surface area contributed by atoms with Crippen LogP contribution in [0.4, 0.5) is 13.2 Å². The molecule has 192 valence electrons. The van der Waals surface area contributed by atoms with E-state index in [1.54, 1.807) is 0 Å². The molecule has 13 heteroatoms. The van der Waals surface area contributed by atoms with E-state index in [1.165, 1.54) is 30.3 Å². The standard InChI is InChI=1S/C23H17Cl2F3O7S/c1-32-21(29)22(33-2)35-19-12-15(34-18-9-3-13(11-17(18)25)23(26,27)28)6-10-20(19)36(30,31)16-7-4-14(24)5-8-16/h3-12,22H,1-2H3. The fourth-order valence-corrected chi connectivity index (χ4v) is 4.61. The number of esters is 1. The summed E-state index contributed by atoms with van der Waals surface area (Å²) in [6.45, 7) is 0. The summed E-state index contributed by atoms with van der Waals surface area (Å²) in [6.07, 6.45) is -6.25. The molecule has 0 heterocycles. The van der Waals surface area contributed by atoms with Gasteiger partial charge >= 0.3 is 12.1 Å². The van der Waals surface area contributed by atoms with Gasteiger partial charge in [0.25, 0.3) is 6.29 Å². The zero-order valence-corrected chi connectivity index (χ0v) is 20.8. The first-order chi connectivity index (χ1) is 16.9. The third-order valence-electron chi connectivity index (χ3n) is 4.66. The van der Waals surface area contributed by atoms with Gasteiger partial charge < -0.3 is 18.9 Å². The van der Waals surface area contributed by atoms with Crippen LogP contribution in [-0.4, -0.2) is 34.9 Å². The number of methoxy groups -OCH3 is 2. The Kier molecular flexibility index (Phi) is 8.40. The van der Waals surface area contributed by atoms with Crippen LogP contribution in [0.25, 0.3) is 0 Å². The van der Waals surface area contributed by atoms with Gasteiger partial charge in [0, 0.05) is 18.2 Å². The minimum Gasteiger partial charge on any atom is -0.464 e. The molecule has 0 fully saturated rings. The van der Waals surface area contributed by atoms with Crippen LogP contribution in [0.2, 0.25) is 10.0 Å². The molecule has 0 aliphatic rings. The van der Waals surface area contributed by atoms with Crippen molar-refractivity contribution < 1.29 is 45.3 Å². The molecule has 0 amide bonds. The van der Waals surface area contributed by atoms with Gasteiger partial charge in [-0.1, -0.05) is 23.2 Å². The van der Waals surface area contributed by atoms with E-state index in [9.17, 15) is 26.4 Å². The van der Waals surface area contributed by atoms with Gasteiger partial charge in [0.1, 0.15) is 22.1 Å². The second kappa shape index (κ2) is 11.0. The monoisotopic (exact) mass is 564 g/mol. The highest BCUT2D eigenvalue weighted by Crippen LogP contribution is 2.39. The van der Waals surface area contributed by atoms with Crippen molar-refractivity contribution in [2.75, 3.05) is 14.2 Å². The number of ether oxygens (including phenoxy) is 4. The number of sulfone groups is 1. The topological polar surface area (TPSA) is 88.1 Å². The number of carbonyl (C=O) groups excluding carboxylic acids is 1. The minimum atomic E-state index is -4.61. The molecule has 0 N–H and O–H groups in total. The van der Waals surface area contributed by atoms with Crippen LogP contribution in [0.15, 0.2) is 70.5 Å². The molecule has 3 aromatic rings. The van der Waals surface area contributed by atoms with Crippen LogP contribution in [0.1, 0.15) is 5.56 Å². The lowest BCUT2D eigenvalue weighted by atomic mass is 10.2. The molecule has 0 saturated carbocycles. The van der Waals surface area contributed by atoms with Crippen molar-refractivity contribution in [3.05, 3.63) is 76.3 Å². The lowest BCUT2D eigenvalue weighted by Crippen LogP contribution is -2.30. The Labute approximate surface area is 214 Å². The first-order valence-corrected chi connectivity index (χ1v) is 12.1. The molecule has 0 saturated heterocycles. The summed E-state index contributed by atoms with van der Waals surface area (Å²) in [4.78, 5) is 11.5. The molecule has 36 heavy (non-hydrogen) atoms. The third kappa shape index (κ3) is 6.22. The Bertz CT molecular complexity index is 1360. The third-order valence-corrected chi connectivity index (χ3v) is 7.01. The van der Waals surface area contributed by atoms with Crippen molar-refractivity contribution in [2.45, 2.75) is 22.3 Å². The van der Waals surface area contributed by atoms with E-state index < -0.39 is 33.8 Å².